The van der Waals surface area contributed by atoms with Crippen molar-refractivity contribution in [2.45, 2.75) is 44.8 Å². The van der Waals surface area contributed by atoms with Gasteiger partial charge in [-0.05, 0) is 31.6 Å². The Balaban J connectivity index is 2.06. The van der Waals surface area contributed by atoms with E-state index in [4.69, 9.17) is 4.74 Å². The quantitative estimate of drug-likeness (QED) is 0.621. The fraction of sp³-hybridized carbons (Fsp3) is 0.900. The Morgan fingerprint density at radius 3 is 2.69 bits per heavy atom. The second-order valence-corrected chi connectivity index (χ2v) is 4.22. The molecule has 0 amide bonds. The number of ether oxygens (including phenoxy) is 1. The van der Waals surface area contributed by atoms with Crippen LogP contribution in [0.1, 0.15) is 32.6 Å². The average molecular weight is 184 g/mol. The molecule has 4 atom stereocenters. The summed E-state index contributed by atoms with van der Waals surface area (Å²) >= 11 is 0. The van der Waals surface area contributed by atoms with E-state index in [0.29, 0.717) is 5.92 Å². The van der Waals surface area contributed by atoms with E-state index in [2.05, 4.69) is 0 Å². The first-order chi connectivity index (χ1) is 6.18. The van der Waals surface area contributed by atoms with Crippen molar-refractivity contribution < 1.29 is 14.6 Å². The van der Waals surface area contributed by atoms with Gasteiger partial charge in [-0.3, -0.25) is 4.79 Å². The summed E-state index contributed by atoms with van der Waals surface area (Å²) in [6.45, 7) is 1.44. The summed E-state index contributed by atoms with van der Waals surface area (Å²) in [6, 6.07) is 0. The summed E-state index contributed by atoms with van der Waals surface area (Å²) in [7, 11) is 0. The molecule has 2 saturated carbocycles. The summed E-state index contributed by atoms with van der Waals surface area (Å²) in [6.07, 6.45) is 3.77. The van der Waals surface area contributed by atoms with E-state index in [1.807, 2.05) is 0 Å². The molecule has 2 rings (SSSR count). The van der Waals surface area contributed by atoms with Gasteiger partial charge in [-0.15, -0.1) is 0 Å². The van der Waals surface area contributed by atoms with Gasteiger partial charge < -0.3 is 9.84 Å². The van der Waals surface area contributed by atoms with Gasteiger partial charge in [0.05, 0.1) is 6.10 Å². The predicted octanol–water partition coefficient (Wildman–Crippen LogP) is 1.10. The van der Waals surface area contributed by atoms with E-state index in [-0.39, 0.29) is 24.1 Å². The number of hydrogen-bond acceptors (Lipinski definition) is 3. The van der Waals surface area contributed by atoms with Crippen molar-refractivity contribution in [3.05, 3.63) is 0 Å². The summed E-state index contributed by atoms with van der Waals surface area (Å²) in [4.78, 5) is 10.8. The lowest BCUT2D eigenvalue weighted by Gasteiger charge is -2.32. The maximum Gasteiger partial charge on any atom is 0.302 e. The number of rotatable bonds is 1. The Labute approximate surface area is 78.1 Å². The first kappa shape index (κ1) is 9.00. The van der Waals surface area contributed by atoms with Crippen LogP contribution in [0.5, 0.6) is 0 Å². The molecule has 3 nitrogen and oxygen atoms in total. The molecule has 0 aliphatic heterocycles. The van der Waals surface area contributed by atoms with Crippen molar-refractivity contribution in [3.63, 3.8) is 0 Å². The highest BCUT2D eigenvalue weighted by atomic mass is 16.5. The molecule has 0 aromatic heterocycles. The van der Waals surface area contributed by atoms with E-state index in [1.54, 1.807) is 0 Å². The van der Waals surface area contributed by atoms with E-state index in [1.165, 1.54) is 6.92 Å². The van der Waals surface area contributed by atoms with Crippen molar-refractivity contribution in [2.24, 2.45) is 11.8 Å². The van der Waals surface area contributed by atoms with E-state index >= 15 is 0 Å². The Bertz CT molecular complexity index is 214. The Hall–Kier alpha value is -0.570. The molecule has 2 aliphatic carbocycles. The van der Waals surface area contributed by atoms with Gasteiger partial charge in [0.1, 0.15) is 6.10 Å². The Kier molecular flexibility index (Phi) is 2.28. The van der Waals surface area contributed by atoms with E-state index in [9.17, 15) is 9.90 Å². The number of fused-ring (bicyclic) bond motifs is 2. The molecule has 2 fully saturated rings. The largest absolute Gasteiger partial charge is 0.462 e. The topological polar surface area (TPSA) is 46.5 Å². The van der Waals surface area contributed by atoms with Crippen LogP contribution in [0, 0.1) is 11.8 Å². The minimum absolute atomic E-state index is 0.00116. The van der Waals surface area contributed by atoms with Crippen LogP contribution in [0.4, 0.5) is 0 Å². The van der Waals surface area contributed by atoms with Crippen molar-refractivity contribution in [1.29, 1.82) is 0 Å². The van der Waals surface area contributed by atoms with Gasteiger partial charge in [0.25, 0.3) is 0 Å². The number of aliphatic hydroxyl groups excluding tert-OH is 1. The second-order valence-electron chi connectivity index (χ2n) is 4.22. The Morgan fingerprint density at radius 2 is 2.00 bits per heavy atom. The molecule has 2 bridgehead atoms. The van der Waals surface area contributed by atoms with Crippen LogP contribution in [0.3, 0.4) is 0 Å². The van der Waals surface area contributed by atoms with Crippen LogP contribution in [-0.2, 0) is 9.53 Å². The third kappa shape index (κ3) is 1.57. The molecule has 0 radical (unpaired) electrons. The highest BCUT2D eigenvalue weighted by Gasteiger charge is 2.45. The van der Waals surface area contributed by atoms with Crippen LogP contribution in [0.25, 0.3) is 0 Å². The number of carbonyl (C=O) groups excluding carboxylic acids is 1. The molecule has 0 saturated heterocycles. The molecule has 1 N–H and O–H groups in total. The molecule has 0 aromatic carbocycles. The van der Waals surface area contributed by atoms with Gasteiger partial charge >= 0.3 is 5.97 Å². The Morgan fingerprint density at radius 1 is 1.31 bits per heavy atom. The fourth-order valence-electron chi connectivity index (χ4n) is 2.78. The van der Waals surface area contributed by atoms with Crippen LogP contribution in [0.2, 0.25) is 0 Å². The monoisotopic (exact) mass is 184 g/mol. The van der Waals surface area contributed by atoms with Crippen LogP contribution in [-0.4, -0.2) is 23.3 Å². The third-order valence-corrected chi connectivity index (χ3v) is 3.39. The van der Waals surface area contributed by atoms with Crippen LogP contribution < -0.4 is 0 Å². The SMILES string of the molecule is CC(=O)O[C@H]1[C@H]2CC[C@@H]1[C@@H](O)CC2. The van der Waals surface area contributed by atoms with Gasteiger partial charge in [-0.2, -0.15) is 0 Å². The highest BCUT2D eigenvalue weighted by molar-refractivity contribution is 5.66. The van der Waals surface area contributed by atoms with Crippen LogP contribution >= 0.6 is 0 Å². The number of aliphatic hydroxyl groups is 1. The minimum Gasteiger partial charge on any atom is -0.462 e. The lowest BCUT2D eigenvalue weighted by molar-refractivity contribution is -0.155. The average Bonchev–Trinajstić information content (AvgIpc) is 2.32. The summed E-state index contributed by atoms with van der Waals surface area (Å²) in [5.74, 6) is 0.510. The molecular weight excluding hydrogens is 168 g/mol. The van der Waals surface area contributed by atoms with Gasteiger partial charge in [0, 0.05) is 12.8 Å². The first-order valence-corrected chi connectivity index (χ1v) is 5.04. The molecule has 0 heterocycles. The zero-order valence-corrected chi connectivity index (χ0v) is 7.90. The molecule has 2 aliphatic rings. The lowest BCUT2D eigenvalue weighted by Crippen LogP contribution is -2.38. The highest BCUT2D eigenvalue weighted by Crippen LogP contribution is 2.44. The lowest BCUT2D eigenvalue weighted by atomic mass is 9.84. The maximum atomic E-state index is 10.8. The summed E-state index contributed by atoms with van der Waals surface area (Å²) in [5.41, 5.74) is 0. The summed E-state index contributed by atoms with van der Waals surface area (Å²) in [5, 5.41) is 9.69. The van der Waals surface area contributed by atoms with Crippen molar-refractivity contribution in [3.8, 4) is 0 Å². The van der Waals surface area contributed by atoms with Gasteiger partial charge in [0.15, 0.2) is 0 Å². The normalized spacial score (nSPS) is 43.2. The van der Waals surface area contributed by atoms with Gasteiger partial charge in [-0.1, -0.05) is 0 Å². The smallest absolute Gasteiger partial charge is 0.302 e. The fourth-order valence-corrected chi connectivity index (χ4v) is 2.78. The van der Waals surface area contributed by atoms with Gasteiger partial charge in [0.2, 0.25) is 0 Å². The number of carbonyl (C=O) groups is 1. The molecule has 13 heavy (non-hydrogen) atoms. The first-order valence-electron chi connectivity index (χ1n) is 5.04. The number of hydrogen-bond donors (Lipinski definition) is 1. The van der Waals surface area contributed by atoms with Crippen molar-refractivity contribution in [1.82, 2.24) is 0 Å². The zero-order valence-electron chi connectivity index (χ0n) is 7.90. The molecule has 3 heteroatoms. The van der Waals surface area contributed by atoms with Gasteiger partial charge in [-0.25, -0.2) is 0 Å². The van der Waals surface area contributed by atoms with Crippen LogP contribution in [0.15, 0.2) is 0 Å². The number of esters is 1. The molecule has 74 valence electrons. The second kappa shape index (κ2) is 3.29. The minimum atomic E-state index is -0.247. The molecular formula is C10H16O3. The van der Waals surface area contributed by atoms with Crippen molar-refractivity contribution in [2.75, 3.05) is 0 Å². The molecule has 0 unspecified atom stereocenters. The van der Waals surface area contributed by atoms with Crippen molar-refractivity contribution >= 4 is 5.97 Å². The van der Waals surface area contributed by atoms with E-state index < -0.39 is 0 Å². The molecule has 0 aromatic rings. The molecule has 0 spiro atoms. The summed E-state index contributed by atoms with van der Waals surface area (Å²) < 4.78 is 5.25. The third-order valence-electron chi connectivity index (χ3n) is 3.39. The van der Waals surface area contributed by atoms with E-state index in [0.717, 1.165) is 25.7 Å². The maximum absolute atomic E-state index is 10.8. The standard InChI is InChI=1S/C10H16O3/c1-6(11)13-10-7-2-4-8(10)9(12)5-3-7/h7-10,12H,2-5H2,1H3/t7-,8+,9-,10-/m0/s1. The zero-order chi connectivity index (χ0) is 9.42. The predicted molar refractivity (Wildman–Crippen MR) is 47.0 cm³/mol.